The van der Waals surface area contributed by atoms with E-state index in [0.29, 0.717) is 11.0 Å². The fourth-order valence-corrected chi connectivity index (χ4v) is 2.96. The zero-order chi connectivity index (χ0) is 12.1. The first-order chi connectivity index (χ1) is 8.29. The number of nitrogens with zero attached hydrogens (tertiary/aromatic N) is 3. The number of amides is 1. The number of carbonyl (C=O) groups excluding carboxylic acids is 1. The van der Waals surface area contributed by atoms with Crippen LogP contribution in [0.1, 0.15) is 49.5 Å². The summed E-state index contributed by atoms with van der Waals surface area (Å²) in [5.41, 5.74) is 0. The second-order valence-electron chi connectivity index (χ2n) is 4.16. The van der Waals surface area contributed by atoms with Crippen molar-refractivity contribution in [2.45, 2.75) is 44.4 Å². The Morgan fingerprint density at radius 3 is 2.88 bits per heavy atom. The minimum Gasteiger partial charge on any atom is -0.300 e. The van der Waals surface area contributed by atoms with E-state index in [1.165, 1.54) is 43.4 Å². The molecule has 0 spiro atoms. The van der Waals surface area contributed by atoms with Gasteiger partial charge in [0.15, 0.2) is 0 Å². The number of nitrogens with one attached hydrogen (secondary N) is 1. The largest absolute Gasteiger partial charge is 0.300 e. The van der Waals surface area contributed by atoms with Gasteiger partial charge in [-0.1, -0.05) is 30.6 Å². The average Bonchev–Trinajstić information content (AvgIpc) is 2.79. The molecule has 1 N–H and O–H groups in total. The summed E-state index contributed by atoms with van der Waals surface area (Å²) in [5.74, 6) is 0.182. The Bertz CT molecular complexity index is 431. The van der Waals surface area contributed by atoms with Crippen molar-refractivity contribution in [3.63, 3.8) is 0 Å². The normalized spacial score (nSPS) is 16.4. The van der Waals surface area contributed by atoms with Crippen LogP contribution >= 0.6 is 11.3 Å². The van der Waals surface area contributed by atoms with Crippen molar-refractivity contribution in [3.8, 4) is 6.07 Å². The Morgan fingerprint density at radius 1 is 1.41 bits per heavy atom. The lowest BCUT2D eigenvalue weighted by atomic mass is 9.90. The van der Waals surface area contributed by atoms with Gasteiger partial charge in [0.05, 0.1) is 6.07 Å². The molecule has 6 heteroatoms. The predicted molar refractivity (Wildman–Crippen MR) is 64.6 cm³/mol. The second kappa shape index (κ2) is 5.73. The Balaban J connectivity index is 1.95. The van der Waals surface area contributed by atoms with Crippen LogP contribution in [0.15, 0.2) is 0 Å². The molecule has 1 aromatic heterocycles. The van der Waals surface area contributed by atoms with Crippen molar-refractivity contribution in [1.82, 2.24) is 10.2 Å². The lowest BCUT2D eigenvalue weighted by molar-refractivity contribution is -0.115. The first kappa shape index (κ1) is 12.0. The van der Waals surface area contributed by atoms with Crippen LogP contribution in [-0.2, 0) is 4.79 Å². The predicted octanol–water partition coefficient (Wildman–Crippen LogP) is 2.44. The number of carbonyl (C=O) groups is 1. The van der Waals surface area contributed by atoms with Crippen molar-refractivity contribution < 1.29 is 4.79 Å². The van der Waals surface area contributed by atoms with E-state index in [0.717, 1.165) is 5.01 Å². The third-order valence-electron chi connectivity index (χ3n) is 2.88. The number of nitriles is 1. The number of hydrogen-bond acceptors (Lipinski definition) is 5. The van der Waals surface area contributed by atoms with E-state index in [4.69, 9.17) is 5.26 Å². The quantitative estimate of drug-likeness (QED) is 0.893. The highest BCUT2D eigenvalue weighted by molar-refractivity contribution is 7.15. The average molecular weight is 250 g/mol. The highest BCUT2D eigenvalue weighted by atomic mass is 32.1. The molecule has 0 saturated heterocycles. The summed E-state index contributed by atoms with van der Waals surface area (Å²) in [6.45, 7) is 0. The van der Waals surface area contributed by atoms with Gasteiger partial charge in [-0.15, -0.1) is 10.2 Å². The Morgan fingerprint density at radius 2 is 2.18 bits per heavy atom. The summed E-state index contributed by atoms with van der Waals surface area (Å²) < 4.78 is 0. The van der Waals surface area contributed by atoms with E-state index in [2.05, 4.69) is 15.5 Å². The molecular formula is C11H14N4OS. The maximum atomic E-state index is 11.2. The van der Waals surface area contributed by atoms with Crippen molar-refractivity contribution in [2.75, 3.05) is 5.32 Å². The van der Waals surface area contributed by atoms with Crippen LogP contribution in [0.2, 0.25) is 0 Å². The van der Waals surface area contributed by atoms with Crippen LogP contribution in [0.4, 0.5) is 5.13 Å². The van der Waals surface area contributed by atoms with Crippen molar-refractivity contribution in [2.24, 2.45) is 0 Å². The lowest BCUT2D eigenvalue weighted by Gasteiger charge is -2.18. The molecule has 1 aromatic rings. The van der Waals surface area contributed by atoms with Crippen LogP contribution in [-0.4, -0.2) is 16.1 Å². The van der Waals surface area contributed by atoms with E-state index in [-0.39, 0.29) is 12.3 Å². The van der Waals surface area contributed by atoms with E-state index < -0.39 is 0 Å². The molecule has 17 heavy (non-hydrogen) atoms. The number of hydrogen-bond donors (Lipinski definition) is 1. The number of anilines is 1. The fourth-order valence-electron chi connectivity index (χ4n) is 2.03. The molecule has 0 aliphatic heterocycles. The summed E-state index contributed by atoms with van der Waals surface area (Å²) in [7, 11) is 0. The molecule has 1 amide bonds. The Kier molecular flexibility index (Phi) is 4.04. The molecule has 1 fully saturated rings. The molecule has 0 bridgehead atoms. The summed E-state index contributed by atoms with van der Waals surface area (Å²) >= 11 is 1.43. The van der Waals surface area contributed by atoms with Crippen LogP contribution < -0.4 is 5.32 Å². The molecule has 90 valence electrons. The third kappa shape index (κ3) is 3.24. The number of aromatic nitrogens is 2. The van der Waals surface area contributed by atoms with Crippen molar-refractivity contribution >= 4 is 22.4 Å². The first-order valence-electron chi connectivity index (χ1n) is 5.80. The zero-order valence-corrected chi connectivity index (χ0v) is 10.3. The molecule has 1 aliphatic carbocycles. The molecule has 0 radical (unpaired) electrons. The molecule has 0 atom stereocenters. The standard InChI is InChI=1S/C11H14N4OS/c12-7-6-9(16)13-11-15-14-10(17-11)8-4-2-1-3-5-8/h8H,1-6H2,(H,13,15,16). The minimum absolute atomic E-state index is 0.141. The van der Waals surface area contributed by atoms with Gasteiger partial charge in [-0.2, -0.15) is 5.26 Å². The van der Waals surface area contributed by atoms with Gasteiger partial charge in [-0.3, -0.25) is 10.1 Å². The van der Waals surface area contributed by atoms with E-state index in [1.807, 2.05) is 0 Å². The maximum Gasteiger partial charge on any atom is 0.240 e. The molecule has 1 aliphatic rings. The monoisotopic (exact) mass is 250 g/mol. The number of rotatable bonds is 3. The summed E-state index contributed by atoms with van der Waals surface area (Å²) in [6.07, 6.45) is 6.00. The highest BCUT2D eigenvalue weighted by Crippen LogP contribution is 2.35. The molecule has 0 unspecified atom stereocenters. The topological polar surface area (TPSA) is 78.7 Å². The van der Waals surface area contributed by atoms with Crippen molar-refractivity contribution in [3.05, 3.63) is 5.01 Å². The van der Waals surface area contributed by atoms with Crippen LogP contribution in [0, 0.1) is 11.3 Å². The first-order valence-corrected chi connectivity index (χ1v) is 6.61. The second-order valence-corrected chi connectivity index (χ2v) is 5.17. The van der Waals surface area contributed by atoms with Gasteiger partial charge in [-0.25, -0.2) is 0 Å². The smallest absolute Gasteiger partial charge is 0.240 e. The molecule has 1 saturated carbocycles. The summed E-state index contributed by atoms with van der Waals surface area (Å²) in [6, 6.07) is 1.80. The molecule has 2 rings (SSSR count). The Labute approximate surface area is 104 Å². The van der Waals surface area contributed by atoms with E-state index in [9.17, 15) is 4.79 Å². The summed E-state index contributed by atoms with van der Waals surface area (Å²) in [4.78, 5) is 11.2. The van der Waals surface area contributed by atoms with Gasteiger partial charge in [0.1, 0.15) is 11.4 Å². The summed E-state index contributed by atoms with van der Waals surface area (Å²) in [5, 5.41) is 20.5. The van der Waals surface area contributed by atoms with Crippen LogP contribution in [0.5, 0.6) is 0 Å². The third-order valence-corrected chi connectivity index (χ3v) is 3.88. The Hall–Kier alpha value is -1.48. The molecule has 5 nitrogen and oxygen atoms in total. The van der Waals surface area contributed by atoms with Gasteiger partial charge in [0.2, 0.25) is 11.0 Å². The maximum absolute atomic E-state index is 11.2. The van der Waals surface area contributed by atoms with Crippen LogP contribution in [0.3, 0.4) is 0 Å². The highest BCUT2D eigenvalue weighted by Gasteiger charge is 2.20. The molecule has 1 heterocycles. The van der Waals surface area contributed by atoms with Gasteiger partial charge in [0, 0.05) is 5.92 Å². The van der Waals surface area contributed by atoms with Crippen LogP contribution in [0.25, 0.3) is 0 Å². The van der Waals surface area contributed by atoms with Crippen molar-refractivity contribution in [1.29, 1.82) is 5.26 Å². The van der Waals surface area contributed by atoms with Gasteiger partial charge in [0.25, 0.3) is 0 Å². The molecule has 0 aromatic carbocycles. The fraction of sp³-hybridized carbons (Fsp3) is 0.636. The minimum atomic E-state index is -0.321. The SMILES string of the molecule is N#CCC(=O)Nc1nnc(C2CCCCC2)s1. The van der Waals surface area contributed by atoms with Gasteiger partial charge < -0.3 is 0 Å². The van der Waals surface area contributed by atoms with Gasteiger partial charge in [-0.05, 0) is 12.8 Å². The lowest BCUT2D eigenvalue weighted by Crippen LogP contribution is -2.09. The van der Waals surface area contributed by atoms with Gasteiger partial charge >= 0.3 is 0 Å². The zero-order valence-electron chi connectivity index (χ0n) is 9.48. The van der Waals surface area contributed by atoms with E-state index >= 15 is 0 Å². The van der Waals surface area contributed by atoms with E-state index in [1.54, 1.807) is 6.07 Å². The molecular weight excluding hydrogens is 236 g/mol.